The lowest BCUT2D eigenvalue weighted by Crippen LogP contribution is -1.98. The van der Waals surface area contributed by atoms with Gasteiger partial charge in [0.2, 0.25) is 5.78 Å². The van der Waals surface area contributed by atoms with Gasteiger partial charge in [-0.3, -0.25) is 4.79 Å². The lowest BCUT2D eigenvalue weighted by molar-refractivity contribution is 0.101. The van der Waals surface area contributed by atoms with Gasteiger partial charge < -0.3 is 14.6 Å². The Morgan fingerprint density at radius 1 is 1.27 bits per heavy atom. The molecule has 0 aromatic heterocycles. The molecule has 0 saturated heterocycles. The van der Waals surface area contributed by atoms with Crippen LogP contribution in [0.5, 0.6) is 17.2 Å². The summed E-state index contributed by atoms with van der Waals surface area (Å²) in [5.41, 5.74) is 1.74. The van der Waals surface area contributed by atoms with Crippen LogP contribution in [0.15, 0.2) is 40.6 Å². The van der Waals surface area contributed by atoms with E-state index in [4.69, 9.17) is 9.47 Å². The maximum atomic E-state index is 12.4. The number of ketones is 1. The summed E-state index contributed by atoms with van der Waals surface area (Å²) < 4.78 is 11.8. The average molecular weight is 361 g/mol. The normalized spacial score (nSPS) is 14.9. The predicted octanol–water partition coefficient (Wildman–Crippen LogP) is 4.09. The van der Waals surface area contributed by atoms with Crippen LogP contribution in [0.2, 0.25) is 0 Å². The highest BCUT2D eigenvalue weighted by molar-refractivity contribution is 9.10. The van der Waals surface area contributed by atoms with Gasteiger partial charge in [-0.1, -0.05) is 15.9 Å². The number of hydrogen-bond donors (Lipinski definition) is 1. The Hall–Kier alpha value is -2.27. The van der Waals surface area contributed by atoms with Gasteiger partial charge in [-0.15, -0.1) is 0 Å². The summed E-state index contributed by atoms with van der Waals surface area (Å²) in [5, 5.41) is 9.73. The van der Waals surface area contributed by atoms with Crippen LogP contribution in [0.3, 0.4) is 0 Å². The lowest BCUT2D eigenvalue weighted by Gasteiger charge is -2.06. The molecular formula is C17H13BrO4. The van der Waals surface area contributed by atoms with Gasteiger partial charge in [0.15, 0.2) is 5.76 Å². The minimum atomic E-state index is -0.208. The highest BCUT2D eigenvalue weighted by Crippen LogP contribution is 2.39. The quantitative estimate of drug-likeness (QED) is 0.819. The first-order valence-corrected chi connectivity index (χ1v) is 7.41. The van der Waals surface area contributed by atoms with Crippen molar-refractivity contribution in [3.05, 3.63) is 57.3 Å². The molecule has 0 saturated carbocycles. The molecule has 5 heteroatoms. The maximum absolute atomic E-state index is 12.4. The summed E-state index contributed by atoms with van der Waals surface area (Å²) in [7, 11) is 1.57. The number of phenols is 1. The third-order valence-electron chi connectivity index (χ3n) is 3.54. The van der Waals surface area contributed by atoms with Crippen LogP contribution in [0.4, 0.5) is 0 Å². The van der Waals surface area contributed by atoms with E-state index in [0.29, 0.717) is 22.6 Å². The number of aromatic hydroxyl groups is 1. The molecule has 1 N–H and O–H groups in total. The molecule has 4 nitrogen and oxygen atoms in total. The van der Waals surface area contributed by atoms with Crippen molar-refractivity contribution in [3.8, 4) is 17.2 Å². The molecule has 0 radical (unpaired) electrons. The first kappa shape index (κ1) is 14.7. The van der Waals surface area contributed by atoms with E-state index < -0.39 is 0 Å². The number of methoxy groups -OCH3 is 1. The highest BCUT2D eigenvalue weighted by Gasteiger charge is 2.30. The van der Waals surface area contributed by atoms with Gasteiger partial charge in [0.1, 0.15) is 17.2 Å². The molecule has 1 heterocycles. The molecular weight excluding hydrogens is 348 g/mol. The van der Waals surface area contributed by atoms with Gasteiger partial charge in [-0.05, 0) is 43.3 Å². The van der Waals surface area contributed by atoms with Gasteiger partial charge in [-0.2, -0.15) is 0 Å². The standard InChI is InChI=1S/C17H13BrO4/c1-9-13(19)5-4-12-16(20)15(22-17(9)12)8-10-7-11(18)3-6-14(10)21-2/h3-8,19H,1-2H3/b15-8-. The van der Waals surface area contributed by atoms with Crippen molar-refractivity contribution in [2.45, 2.75) is 6.92 Å². The van der Waals surface area contributed by atoms with E-state index in [2.05, 4.69) is 15.9 Å². The van der Waals surface area contributed by atoms with E-state index in [1.807, 2.05) is 12.1 Å². The van der Waals surface area contributed by atoms with E-state index in [0.717, 1.165) is 10.0 Å². The Morgan fingerprint density at radius 3 is 2.77 bits per heavy atom. The summed E-state index contributed by atoms with van der Waals surface area (Å²) in [5.74, 6) is 1.15. The number of halogens is 1. The molecule has 0 unspecified atom stereocenters. The number of rotatable bonds is 2. The zero-order valence-corrected chi connectivity index (χ0v) is 13.6. The molecule has 0 amide bonds. The lowest BCUT2D eigenvalue weighted by atomic mass is 10.1. The van der Waals surface area contributed by atoms with Crippen LogP contribution in [0.1, 0.15) is 21.5 Å². The van der Waals surface area contributed by atoms with Crippen LogP contribution in [0, 0.1) is 6.92 Å². The second kappa shape index (κ2) is 5.50. The summed E-state index contributed by atoms with van der Waals surface area (Å²) in [6, 6.07) is 8.57. The Kier molecular flexibility index (Phi) is 3.66. The summed E-state index contributed by atoms with van der Waals surface area (Å²) in [6.45, 7) is 1.71. The number of carbonyl (C=O) groups is 1. The highest BCUT2D eigenvalue weighted by atomic mass is 79.9. The number of fused-ring (bicyclic) bond motifs is 1. The summed E-state index contributed by atoms with van der Waals surface area (Å²) >= 11 is 3.40. The molecule has 2 aromatic rings. The van der Waals surface area contributed by atoms with Crippen LogP contribution >= 0.6 is 15.9 Å². The van der Waals surface area contributed by atoms with E-state index in [9.17, 15) is 9.90 Å². The maximum Gasteiger partial charge on any atom is 0.231 e. The third kappa shape index (κ3) is 2.37. The second-order valence-electron chi connectivity index (χ2n) is 4.91. The molecule has 0 atom stereocenters. The Morgan fingerprint density at radius 2 is 2.05 bits per heavy atom. The van der Waals surface area contributed by atoms with Gasteiger partial charge in [0.05, 0.1) is 12.7 Å². The number of phenolic OH excluding ortho intramolecular Hbond substituents is 1. The van der Waals surface area contributed by atoms with Crippen molar-refractivity contribution < 1.29 is 19.4 Å². The van der Waals surface area contributed by atoms with Crippen LogP contribution in [-0.2, 0) is 0 Å². The number of carbonyl (C=O) groups excluding carboxylic acids is 1. The largest absolute Gasteiger partial charge is 0.508 e. The number of benzene rings is 2. The summed E-state index contributed by atoms with van der Waals surface area (Å²) in [6.07, 6.45) is 1.64. The number of ether oxygens (including phenoxy) is 2. The van der Waals surface area contributed by atoms with Gasteiger partial charge >= 0.3 is 0 Å². The summed E-state index contributed by atoms with van der Waals surface area (Å²) in [4.78, 5) is 12.4. The molecule has 3 rings (SSSR count). The van der Waals surface area contributed by atoms with Gasteiger partial charge in [0, 0.05) is 15.6 Å². The smallest absolute Gasteiger partial charge is 0.231 e. The molecule has 0 fully saturated rings. The van der Waals surface area contributed by atoms with Crippen molar-refractivity contribution in [3.63, 3.8) is 0 Å². The van der Waals surface area contributed by atoms with Crippen molar-refractivity contribution in [2.75, 3.05) is 7.11 Å². The second-order valence-corrected chi connectivity index (χ2v) is 5.83. The molecule has 112 valence electrons. The van der Waals surface area contributed by atoms with E-state index in [1.165, 1.54) is 6.07 Å². The first-order valence-electron chi connectivity index (χ1n) is 6.61. The molecule has 1 aliphatic rings. The zero-order chi connectivity index (χ0) is 15.9. The fourth-order valence-corrected chi connectivity index (χ4v) is 2.71. The Bertz CT molecular complexity index is 809. The van der Waals surface area contributed by atoms with E-state index in [1.54, 1.807) is 32.2 Å². The number of Topliss-reactive ketones (excluding diaryl/α,β-unsaturated/α-hetero) is 1. The minimum Gasteiger partial charge on any atom is -0.508 e. The zero-order valence-electron chi connectivity index (χ0n) is 12.0. The van der Waals surface area contributed by atoms with E-state index in [-0.39, 0.29) is 17.3 Å². The van der Waals surface area contributed by atoms with Crippen LogP contribution in [-0.4, -0.2) is 18.0 Å². The molecule has 0 aliphatic carbocycles. The fraction of sp³-hybridized carbons (Fsp3) is 0.118. The van der Waals surface area contributed by atoms with Crippen molar-refractivity contribution >= 4 is 27.8 Å². The minimum absolute atomic E-state index is 0.104. The molecule has 2 aromatic carbocycles. The van der Waals surface area contributed by atoms with E-state index >= 15 is 0 Å². The molecule has 1 aliphatic heterocycles. The van der Waals surface area contributed by atoms with Crippen LogP contribution < -0.4 is 9.47 Å². The Balaban J connectivity index is 2.07. The number of hydrogen-bond acceptors (Lipinski definition) is 4. The van der Waals surface area contributed by atoms with Crippen molar-refractivity contribution in [1.82, 2.24) is 0 Å². The molecule has 0 spiro atoms. The first-order chi connectivity index (χ1) is 10.5. The van der Waals surface area contributed by atoms with Crippen LogP contribution in [0.25, 0.3) is 6.08 Å². The van der Waals surface area contributed by atoms with Crippen molar-refractivity contribution in [1.29, 1.82) is 0 Å². The van der Waals surface area contributed by atoms with Crippen molar-refractivity contribution in [2.24, 2.45) is 0 Å². The third-order valence-corrected chi connectivity index (χ3v) is 4.03. The molecule has 0 bridgehead atoms. The fourth-order valence-electron chi connectivity index (χ4n) is 2.33. The Labute approximate surface area is 136 Å². The molecule has 22 heavy (non-hydrogen) atoms. The predicted molar refractivity (Wildman–Crippen MR) is 86.5 cm³/mol. The topological polar surface area (TPSA) is 55.8 Å². The van der Waals surface area contributed by atoms with Gasteiger partial charge in [0.25, 0.3) is 0 Å². The monoisotopic (exact) mass is 360 g/mol. The van der Waals surface area contributed by atoms with Gasteiger partial charge in [-0.25, -0.2) is 0 Å². The average Bonchev–Trinajstić information content (AvgIpc) is 2.81. The number of allylic oxidation sites excluding steroid dienone is 1. The SMILES string of the molecule is COc1ccc(Br)cc1/C=C1\Oc2c(ccc(O)c2C)C1=O.